The molecule has 2 aliphatic rings. The van der Waals surface area contributed by atoms with Crippen molar-refractivity contribution in [2.75, 3.05) is 18.9 Å². The molecule has 0 amide bonds. The Balaban J connectivity index is 1.37. The largest absolute Gasteiger partial charge is 0.394 e. The van der Waals surface area contributed by atoms with Crippen LogP contribution in [-0.4, -0.2) is 71.8 Å². The lowest BCUT2D eigenvalue weighted by Crippen LogP contribution is -2.33. The van der Waals surface area contributed by atoms with Gasteiger partial charge in [0.2, 0.25) is 0 Å². The number of nitrogen functional groups attached to an aromatic ring is 1. The van der Waals surface area contributed by atoms with Crippen molar-refractivity contribution in [1.82, 2.24) is 19.1 Å². The molecular weight excluding hydrogens is 521 g/mol. The summed E-state index contributed by atoms with van der Waals surface area (Å²) in [6.07, 6.45) is -2.74. The summed E-state index contributed by atoms with van der Waals surface area (Å²) in [5, 5.41) is 20.0. The Kier molecular flexibility index (Phi) is 7.89. The van der Waals surface area contributed by atoms with Crippen LogP contribution in [0.2, 0.25) is 0 Å². The number of hydrogen-bond donors (Lipinski definition) is 5. The first-order chi connectivity index (χ1) is 17.0. The highest BCUT2D eigenvalue weighted by molar-refractivity contribution is 8.07. The number of aromatic nitrogens is 4. The van der Waals surface area contributed by atoms with Gasteiger partial charge in [-0.15, -0.1) is 0 Å². The molecule has 0 bridgehead atoms. The number of nitrogens with zero attached hydrogens (tertiary/aromatic N) is 3. The van der Waals surface area contributed by atoms with Gasteiger partial charge in [0, 0.05) is 30.8 Å². The molecule has 36 heavy (non-hydrogen) atoms. The standard InChI is InChI=1S/C19H26N5O10PS/c1-9-6-24(19(29)22-17(9)27)15-4-10(26)13(33-15)8-31-35(30,36)34-11-5-16(32-12(11)7-25)23-3-2-14(20)21-18(23)28/h2-3,6,10-13,15-16,25-26H,4-5,7-8H2,1H3,(H,30,36)(H2,20,21,28)(H,22,27,29)/t10?,11?,12-,13-,15-,16-,35?/m1/s1. The normalized spacial score (nSPS) is 29.9. The number of aryl methyl sites for hydroxylation is 1. The highest BCUT2D eigenvalue weighted by Crippen LogP contribution is 2.49. The van der Waals surface area contributed by atoms with Gasteiger partial charge in [0.1, 0.15) is 30.5 Å². The lowest BCUT2D eigenvalue weighted by Gasteiger charge is -2.24. The highest BCUT2D eigenvalue weighted by atomic mass is 32.5. The summed E-state index contributed by atoms with van der Waals surface area (Å²) in [7, 11) is 0. The molecule has 15 nitrogen and oxygen atoms in total. The van der Waals surface area contributed by atoms with Crippen LogP contribution in [-0.2, 0) is 30.3 Å². The Labute approximate surface area is 208 Å². The van der Waals surface area contributed by atoms with Crippen molar-refractivity contribution in [2.24, 2.45) is 0 Å². The Hall–Kier alpha value is -2.27. The third-order valence-corrected chi connectivity index (χ3v) is 7.44. The smallest absolute Gasteiger partial charge is 0.351 e. The van der Waals surface area contributed by atoms with E-state index in [1.54, 1.807) is 0 Å². The highest BCUT2D eigenvalue weighted by Gasteiger charge is 2.41. The second kappa shape index (κ2) is 10.6. The Morgan fingerprint density at radius 3 is 2.64 bits per heavy atom. The van der Waals surface area contributed by atoms with Gasteiger partial charge in [-0.05, 0) is 24.8 Å². The van der Waals surface area contributed by atoms with Gasteiger partial charge in [-0.1, -0.05) is 0 Å². The van der Waals surface area contributed by atoms with Crippen LogP contribution in [0.25, 0.3) is 0 Å². The Morgan fingerprint density at radius 1 is 1.25 bits per heavy atom. The fourth-order valence-electron chi connectivity index (χ4n) is 4.00. The Morgan fingerprint density at radius 2 is 1.94 bits per heavy atom. The number of rotatable bonds is 8. The maximum absolute atomic E-state index is 12.1. The van der Waals surface area contributed by atoms with Crippen LogP contribution in [0.15, 0.2) is 32.8 Å². The molecule has 0 saturated carbocycles. The minimum absolute atomic E-state index is 0.0314. The van der Waals surface area contributed by atoms with Gasteiger partial charge in [0.25, 0.3) is 5.56 Å². The summed E-state index contributed by atoms with van der Waals surface area (Å²) in [6, 6.07) is 1.41. The first kappa shape index (κ1) is 26.8. The van der Waals surface area contributed by atoms with Gasteiger partial charge in [0.05, 0.1) is 25.4 Å². The average Bonchev–Trinajstić information content (AvgIpc) is 3.37. The zero-order valence-corrected chi connectivity index (χ0v) is 20.7. The van der Waals surface area contributed by atoms with E-state index in [0.29, 0.717) is 5.56 Å². The van der Waals surface area contributed by atoms with Crippen molar-refractivity contribution in [3.05, 3.63) is 55.3 Å². The minimum atomic E-state index is -3.91. The van der Waals surface area contributed by atoms with Gasteiger partial charge in [-0.3, -0.25) is 18.9 Å². The van der Waals surface area contributed by atoms with E-state index in [0.717, 1.165) is 4.57 Å². The van der Waals surface area contributed by atoms with Crippen molar-refractivity contribution < 1.29 is 33.6 Å². The number of nitrogens with two attached hydrogens (primary N) is 1. The molecule has 4 rings (SSSR count). The third kappa shape index (κ3) is 5.82. The molecule has 2 fully saturated rings. The summed E-state index contributed by atoms with van der Waals surface area (Å²) in [6.45, 7) is -3.22. The maximum Gasteiger partial charge on any atom is 0.351 e. The van der Waals surface area contributed by atoms with Crippen molar-refractivity contribution in [1.29, 1.82) is 0 Å². The molecule has 3 unspecified atom stereocenters. The molecule has 2 aliphatic heterocycles. The molecule has 2 aromatic rings. The number of anilines is 1. The average molecular weight is 547 g/mol. The van der Waals surface area contributed by atoms with Gasteiger partial charge < -0.3 is 39.4 Å². The second-order valence-electron chi connectivity index (χ2n) is 8.41. The molecule has 0 spiro atoms. The molecular formula is C19H26N5O10PS. The SMILES string of the molecule is Cc1cn([C@H]2CC(O)[C@@H](COP(O)(=S)OC3C[C@H](n4ccc(N)nc4=O)O[C@@H]3CO)O2)c(=O)[nH]c1=O. The molecule has 17 heteroatoms. The first-order valence-electron chi connectivity index (χ1n) is 10.9. The molecule has 0 radical (unpaired) electrons. The first-order valence-corrected chi connectivity index (χ1v) is 13.5. The van der Waals surface area contributed by atoms with Crippen LogP contribution in [0.4, 0.5) is 5.82 Å². The summed E-state index contributed by atoms with van der Waals surface area (Å²) in [4.78, 5) is 52.2. The predicted octanol–water partition coefficient (Wildman–Crippen LogP) is -1.77. The zero-order valence-electron chi connectivity index (χ0n) is 19.0. The molecule has 0 aromatic carbocycles. The van der Waals surface area contributed by atoms with Crippen molar-refractivity contribution >= 4 is 24.3 Å². The van der Waals surface area contributed by atoms with E-state index in [9.17, 15) is 29.5 Å². The van der Waals surface area contributed by atoms with Gasteiger partial charge in [-0.2, -0.15) is 4.98 Å². The lowest BCUT2D eigenvalue weighted by atomic mass is 10.2. The van der Waals surface area contributed by atoms with Crippen LogP contribution in [0, 0.1) is 6.92 Å². The predicted molar refractivity (Wildman–Crippen MR) is 126 cm³/mol. The van der Waals surface area contributed by atoms with E-state index in [1.807, 2.05) is 0 Å². The number of hydrogen-bond acceptors (Lipinski definition) is 12. The van der Waals surface area contributed by atoms with E-state index in [1.165, 1.54) is 30.0 Å². The monoisotopic (exact) mass is 547 g/mol. The van der Waals surface area contributed by atoms with Crippen molar-refractivity contribution in [3.8, 4) is 0 Å². The van der Waals surface area contributed by atoms with E-state index < -0.39 is 67.1 Å². The van der Waals surface area contributed by atoms with Crippen LogP contribution < -0.4 is 22.7 Å². The summed E-state index contributed by atoms with van der Waals surface area (Å²) in [5.41, 5.74) is 3.92. The molecule has 198 valence electrons. The fourth-order valence-corrected chi connectivity index (χ4v) is 5.47. The Bertz CT molecular complexity index is 1330. The molecule has 6 N–H and O–H groups in total. The van der Waals surface area contributed by atoms with E-state index >= 15 is 0 Å². The molecule has 2 saturated heterocycles. The summed E-state index contributed by atoms with van der Waals surface area (Å²) in [5.74, 6) is 0.0409. The number of nitrogens with one attached hydrogen (secondary N) is 1. The van der Waals surface area contributed by atoms with Crippen LogP contribution >= 0.6 is 6.72 Å². The van der Waals surface area contributed by atoms with Crippen molar-refractivity contribution in [2.45, 2.75) is 56.6 Å². The number of H-pyrrole nitrogens is 1. The number of aromatic amines is 1. The quantitative estimate of drug-likeness (QED) is 0.232. The fraction of sp³-hybridized carbons (Fsp3) is 0.579. The molecule has 7 atom stereocenters. The minimum Gasteiger partial charge on any atom is -0.394 e. The summed E-state index contributed by atoms with van der Waals surface area (Å²) >= 11 is 5.08. The lowest BCUT2D eigenvalue weighted by molar-refractivity contribution is -0.0531. The number of aliphatic hydroxyl groups excluding tert-OH is 2. The summed E-state index contributed by atoms with van der Waals surface area (Å²) < 4.78 is 24.6. The number of ether oxygens (including phenoxy) is 2. The van der Waals surface area contributed by atoms with Crippen molar-refractivity contribution in [3.63, 3.8) is 0 Å². The van der Waals surface area contributed by atoms with E-state index in [4.69, 9.17) is 36.1 Å². The third-order valence-electron chi connectivity index (χ3n) is 5.85. The van der Waals surface area contributed by atoms with E-state index in [-0.39, 0.29) is 25.3 Å². The molecule has 2 aromatic heterocycles. The van der Waals surface area contributed by atoms with Crippen LogP contribution in [0.5, 0.6) is 0 Å². The molecule has 0 aliphatic carbocycles. The van der Waals surface area contributed by atoms with Crippen LogP contribution in [0.3, 0.4) is 0 Å². The second-order valence-corrected chi connectivity index (χ2v) is 11.2. The molecule has 4 heterocycles. The van der Waals surface area contributed by atoms with Gasteiger partial charge in [-0.25, -0.2) is 9.59 Å². The zero-order chi connectivity index (χ0) is 26.2. The van der Waals surface area contributed by atoms with Gasteiger partial charge in [0.15, 0.2) is 0 Å². The maximum atomic E-state index is 12.1. The number of aliphatic hydroxyl groups is 2. The topological polar surface area (TPSA) is 213 Å². The van der Waals surface area contributed by atoms with Crippen LogP contribution in [0.1, 0.15) is 30.9 Å². The van der Waals surface area contributed by atoms with Gasteiger partial charge >= 0.3 is 18.1 Å². The van der Waals surface area contributed by atoms with E-state index in [2.05, 4.69) is 9.97 Å².